The number of aliphatic hydroxyl groups is 1. The third-order valence-corrected chi connectivity index (χ3v) is 3.68. The summed E-state index contributed by atoms with van der Waals surface area (Å²) >= 11 is 0. The lowest BCUT2D eigenvalue weighted by Crippen LogP contribution is -2.09. The molecule has 21 heavy (non-hydrogen) atoms. The van der Waals surface area contributed by atoms with E-state index < -0.39 is 6.10 Å². The number of imidazole rings is 1. The van der Waals surface area contributed by atoms with Gasteiger partial charge < -0.3 is 9.67 Å². The minimum absolute atomic E-state index is 0.515. The molecule has 1 unspecified atom stereocenters. The summed E-state index contributed by atoms with van der Waals surface area (Å²) in [6.45, 7) is 3.07. The average Bonchev–Trinajstić information content (AvgIpc) is 2.94. The maximum Gasteiger partial charge on any atom is 0.111 e. The van der Waals surface area contributed by atoms with Crippen molar-refractivity contribution in [3.8, 4) is 0 Å². The van der Waals surface area contributed by atoms with Crippen LogP contribution in [0.4, 0.5) is 0 Å². The molecule has 0 saturated carbocycles. The lowest BCUT2D eigenvalue weighted by atomic mass is 10.0. The Labute approximate surface area is 124 Å². The normalized spacial score (nSPS) is 12.7. The van der Waals surface area contributed by atoms with Crippen LogP contribution in [0, 0.1) is 0 Å². The van der Waals surface area contributed by atoms with Gasteiger partial charge in [0.2, 0.25) is 0 Å². The van der Waals surface area contributed by atoms with Crippen molar-refractivity contribution in [3.63, 3.8) is 0 Å². The first-order valence-corrected chi connectivity index (χ1v) is 7.31. The van der Waals surface area contributed by atoms with Crippen molar-refractivity contribution in [1.82, 2.24) is 14.5 Å². The molecule has 1 N–H and O–H groups in total. The van der Waals surface area contributed by atoms with Gasteiger partial charge in [-0.1, -0.05) is 25.1 Å². The van der Waals surface area contributed by atoms with E-state index in [2.05, 4.69) is 21.5 Å². The third-order valence-electron chi connectivity index (χ3n) is 3.68. The number of rotatable bonds is 5. The smallest absolute Gasteiger partial charge is 0.111 e. The summed E-state index contributed by atoms with van der Waals surface area (Å²) in [6.07, 6.45) is 6.53. The molecule has 1 atom stereocenters. The van der Waals surface area contributed by atoms with E-state index in [1.807, 2.05) is 36.5 Å². The fourth-order valence-corrected chi connectivity index (χ4v) is 2.68. The molecule has 4 heteroatoms. The number of pyridine rings is 1. The van der Waals surface area contributed by atoms with E-state index in [0.29, 0.717) is 6.42 Å². The highest BCUT2D eigenvalue weighted by Crippen LogP contribution is 2.25. The number of aryl methyl sites for hydroxylation is 1. The van der Waals surface area contributed by atoms with Crippen LogP contribution in [0.15, 0.2) is 48.9 Å². The molecule has 108 valence electrons. The van der Waals surface area contributed by atoms with Gasteiger partial charge >= 0.3 is 0 Å². The van der Waals surface area contributed by atoms with Gasteiger partial charge in [0.15, 0.2) is 0 Å². The molecule has 0 aliphatic carbocycles. The predicted octanol–water partition coefficient (Wildman–Crippen LogP) is 3.12. The Bertz CT molecular complexity index is 730. The predicted molar refractivity (Wildman–Crippen MR) is 82.9 cm³/mol. The standard InChI is InChI=1S/C17H19N3O/c1-2-10-20-11-9-19-17(20)12-16(21)14-5-3-7-15-13(14)6-4-8-18-15/h3-9,11,16,21H,2,10,12H2,1H3. The van der Waals surface area contributed by atoms with Crippen LogP contribution in [0.2, 0.25) is 0 Å². The highest BCUT2D eigenvalue weighted by molar-refractivity contribution is 5.82. The molecular formula is C17H19N3O. The SMILES string of the molecule is CCCn1ccnc1CC(O)c1cccc2ncccc12. The number of benzene rings is 1. The molecule has 0 fully saturated rings. The molecule has 0 aliphatic heterocycles. The fraction of sp³-hybridized carbons (Fsp3) is 0.294. The number of aromatic nitrogens is 3. The molecular weight excluding hydrogens is 262 g/mol. The van der Waals surface area contributed by atoms with E-state index >= 15 is 0 Å². The number of aliphatic hydroxyl groups excluding tert-OH is 1. The molecule has 1 aromatic carbocycles. The maximum atomic E-state index is 10.6. The van der Waals surface area contributed by atoms with Gasteiger partial charge in [-0.25, -0.2) is 4.98 Å². The van der Waals surface area contributed by atoms with Gasteiger partial charge in [-0.2, -0.15) is 0 Å². The lowest BCUT2D eigenvalue weighted by molar-refractivity contribution is 0.176. The lowest BCUT2D eigenvalue weighted by Gasteiger charge is -2.14. The van der Waals surface area contributed by atoms with Crippen LogP contribution < -0.4 is 0 Å². The molecule has 0 spiro atoms. The van der Waals surface area contributed by atoms with Crippen molar-refractivity contribution in [2.75, 3.05) is 0 Å². The summed E-state index contributed by atoms with van der Waals surface area (Å²) in [4.78, 5) is 8.70. The van der Waals surface area contributed by atoms with E-state index in [0.717, 1.165) is 35.3 Å². The number of fused-ring (bicyclic) bond motifs is 1. The van der Waals surface area contributed by atoms with E-state index in [1.165, 1.54) is 0 Å². The minimum atomic E-state index is -0.573. The fourth-order valence-electron chi connectivity index (χ4n) is 2.68. The van der Waals surface area contributed by atoms with Crippen LogP contribution in [-0.2, 0) is 13.0 Å². The van der Waals surface area contributed by atoms with Crippen LogP contribution in [0.5, 0.6) is 0 Å². The van der Waals surface area contributed by atoms with Gasteiger partial charge in [0.1, 0.15) is 5.82 Å². The minimum Gasteiger partial charge on any atom is -0.388 e. The van der Waals surface area contributed by atoms with Crippen molar-refractivity contribution in [1.29, 1.82) is 0 Å². The molecule has 3 aromatic rings. The number of nitrogens with zero attached hydrogens (tertiary/aromatic N) is 3. The Balaban J connectivity index is 1.90. The average molecular weight is 281 g/mol. The second kappa shape index (κ2) is 6.06. The van der Waals surface area contributed by atoms with Gasteiger partial charge in [0, 0.05) is 36.9 Å². The highest BCUT2D eigenvalue weighted by Gasteiger charge is 2.15. The number of hydrogen-bond donors (Lipinski definition) is 1. The first-order chi connectivity index (χ1) is 10.3. The highest BCUT2D eigenvalue weighted by atomic mass is 16.3. The molecule has 0 amide bonds. The molecule has 2 heterocycles. The molecule has 3 rings (SSSR count). The monoisotopic (exact) mass is 281 g/mol. The van der Waals surface area contributed by atoms with Crippen LogP contribution in [0.1, 0.15) is 30.8 Å². The van der Waals surface area contributed by atoms with Gasteiger partial charge in [0.25, 0.3) is 0 Å². The Morgan fingerprint density at radius 1 is 1.14 bits per heavy atom. The summed E-state index contributed by atoms with van der Waals surface area (Å²) in [7, 11) is 0. The Morgan fingerprint density at radius 3 is 2.90 bits per heavy atom. The summed E-state index contributed by atoms with van der Waals surface area (Å²) in [5.74, 6) is 0.922. The molecule has 2 aromatic heterocycles. The maximum absolute atomic E-state index is 10.6. The van der Waals surface area contributed by atoms with Crippen molar-refractivity contribution >= 4 is 10.9 Å². The Kier molecular flexibility index (Phi) is 3.97. The van der Waals surface area contributed by atoms with E-state index in [9.17, 15) is 5.11 Å². The number of hydrogen-bond acceptors (Lipinski definition) is 3. The molecule has 0 saturated heterocycles. The van der Waals surface area contributed by atoms with Crippen molar-refractivity contribution in [2.45, 2.75) is 32.4 Å². The first-order valence-electron chi connectivity index (χ1n) is 7.31. The van der Waals surface area contributed by atoms with Crippen LogP contribution >= 0.6 is 0 Å². The summed E-state index contributed by atoms with van der Waals surface area (Å²) in [5, 5.41) is 11.6. The zero-order chi connectivity index (χ0) is 14.7. The van der Waals surface area contributed by atoms with E-state index in [-0.39, 0.29) is 0 Å². The molecule has 0 bridgehead atoms. The largest absolute Gasteiger partial charge is 0.388 e. The van der Waals surface area contributed by atoms with Gasteiger partial charge in [-0.05, 0) is 24.1 Å². The third kappa shape index (κ3) is 2.81. The van der Waals surface area contributed by atoms with Gasteiger partial charge in [0.05, 0.1) is 11.6 Å². The molecule has 0 aliphatic rings. The van der Waals surface area contributed by atoms with Gasteiger partial charge in [-0.15, -0.1) is 0 Å². The summed E-state index contributed by atoms with van der Waals surface area (Å²) in [6, 6.07) is 9.76. The topological polar surface area (TPSA) is 50.9 Å². The zero-order valence-corrected chi connectivity index (χ0v) is 12.1. The van der Waals surface area contributed by atoms with Crippen LogP contribution in [-0.4, -0.2) is 19.6 Å². The first kappa shape index (κ1) is 13.8. The quantitative estimate of drug-likeness (QED) is 0.781. The Hall–Kier alpha value is -2.20. The van der Waals surface area contributed by atoms with Crippen LogP contribution in [0.25, 0.3) is 10.9 Å². The van der Waals surface area contributed by atoms with Crippen LogP contribution in [0.3, 0.4) is 0 Å². The van der Waals surface area contributed by atoms with Crippen molar-refractivity contribution in [2.24, 2.45) is 0 Å². The van der Waals surface area contributed by atoms with E-state index in [4.69, 9.17) is 0 Å². The second-order valence-corrected chi connectivity index (χ2v) is 5.17. The summed E-state index contributed by atoms with van der Waals surface area (Å²) in [5.41, 5.74) is 1.82. The zero-order valence-electron chi connectivity index (χ0n) is 12.1. The van der Waals surface area contributed by atoms with Gasteiger partial charge in [-0.3, -0.25) is 4.98 Å². The van der Waals surface area contributed by atoms with Crippen molar-refractivity contribution in [3.05, 3.63) is 60.3 Å². The Morgan fingerprint density at radius 2 is 2.05 bits per heavy atom. The van der Waals surface area contributed by atoms with E-state index in [1.54, 1.807) is 12.4 Å². The van der Waals surface area contributed by atoms with Crippen molar-refractivity contribution < 1.29 is 5.11 Å². The second-order valence-electron chi connectivity index (χ2n) is 5.17. The molecule has 0 radical (unpaired) electrons. The summed E-state index contributed by atoms with van der Waals surface area (Å²) < 4.78 is 2.10. The molecule has 4 nitrogen and oxygen atoms in total.